The molecular formula is C19H20FN5O2. The quantitative estimate of drug-likeness (QED) is 0.700. The molecule has 0 bridgehead atoms. The van der Waals surface area contributed by atoms with Crippen LogP contribution < -0.4 is 15.4 Å². The third-order valence-electron chi connectivity index (χ3n) is 4.38. The van der Waals surface area contributed by atoms with Gasteiger partial charge in [0.15, 0.2) is 23.0 Å². The van der Waals surface area contributed by atoms with E-state index < -0.39 is 11.8 Å². The van der Waals surface area contributed by atoms with Crippen molar-refractivity contribution in [3.63, 3.8) is 0 Å². The molecule has 2 N–H and O–H groups in total. The van der Waals surface area contributed by atoms with Crippen LogP contribution >= 0.6 is 0 Å². The molecule has 0 radical (unpaired) electrons. The molecule has 0 spiro atoms. The number of hydrogen-bond donors (Lipinski definition) is 2. The zero-order valence-electron chi connectivity index (χ0n) is 14.9. The predicted octanol–water partition coefficient (Wildman–Crippen LogP) is 2.97. The van der Waals surface area contributed by atoms with Gasteiger partial charge in [0.2, 0.25) is 0 Å². The van der Waals surface area contributed by atoms with Gasteiger partial charge in [-0.2, -0.15) is 0 Å². The Hall–Kier alpha value is -3.16. The van der Waals surface area contributed by atoms with Gasteiger partial charge >= 0.3 is 6.03 Å². The molecule has 1 aromatic carbocycles. The minimum Gasteiger partial charge on any atom is -0.487 e. The van der Waals surface area contributed by atoms with Gasteiger partial charge in [-0.1, -0.05) is 18.2 Å². The number of pyridine rings is 1. The Kier molecular flexibility index (Phi) is 4.62. The van der Waals surface area contributed by atoms with Crippen LogP contribution in [0.5, 0.6) is 5.75 Å². The lowest BCUT2D eigenvalue weighted by Gasteiger charge is -2.14. The zero-order chi connectivity index (χ0) is 18.8. The maximum Gasteiger partial charge on any atom is 0.315 e. The molecule has 1 saturated carbocycles. The number of nitrogens with zero attached hydrogens (tertiary/aromatic N) is 3. The summed E-state index contributed by atoms with van der Waals surface area (Å²) in [5.74, 6) is 0.425. The van der Waals surface area contributed by atoms with Crippen molar-refractivity contribution in [3.8, 4) is 5.75 Å². The van der Waals surface area contributed by atoms with E-state index in [1.165, 1.54) is 0 Å². The van der Waals surface area contributed by atoms with Gasteiger partial charge in [0, 0.05) is 18.3 Å². The summed E-state index contributed by atoms with van der Waals surface area (Å²) in [6.45, 7) is 1.88. The van der Waals surface area contributed by atoms with Crippen LogP contribution in [0.25, 0.3) is 5.65 Å². The number of ether oxygens (including phenoxy) is 1. The number of carbonyl (C=O) groups excluding carboxylic acids is 1. The summed E-state index contributed by atoms with van der Waals surface area (Å²) in [5, 5.41) is 13.7. The third-order valence-corrected chi connectivity index (χ3v) is 4.38. The molecule has 4 rings (SSSR count). The number of fused-ring (bicyclic) bond motifs is 1. The van der Waals surface area contributed by atoms with Crippen molar-refractivity contribution in [1.82, 2.24) is 25.2 Å². The number of urea groups is 1. The van der Waals surface area contributed by atoms with Crippen LogP contribution in [-0.4, -0.2) is 26.7 Å². The van der Waals surface area contributed by atoms with Gasteiger partial charge in [0.05, 0.1) is 12.1 Å². The second-order valence-corrected chi connectivity index (χ2v) is 6.58. The van der Waals surface area contributed by atoms with Crippen molar-refractivity contribution in [2.24, 2.45) is 0 Å². The summed E-state index contributed by atoms with van der Waals surface area (Å²) in [4.78, 5) is 12.2. The van der Waals surface area contributed by atoms with Crippen molar-refractivity contribution in [2.75, 3.05) is 0 Å². The lowest BCUT2D eigenvalue weighted by molar-refractivity contribution is 0.236. The summed E-state index contributed by atoms with van der Waals surface area (Å²) < 4.78 is 21.8. The zero-order valence-corrected chi connectivity index (χ0v) is 14.9. The molecule has 1 unspecified atom stereocenters. The van der Waals surface area contributed by atoms with Gasteiger partial charge in [-0.15, -0.1) is 10.2 Å². The minimum absolute atomic E-state index is 0.0623. The molecule has 2 aromatic heterocycles. The maximum absolute atomic E-state index is 14.5. The molecule has 1 aliphatic rings. The maximum atomic E-state index is 14.5. The number of nitrogens with one attached hydrogen (secondary N) is 2. The lowest BCUT2D eigenvalue weighted by Crippen LogP contribution is -2.37. The van der Waals surface area contributed by atoms with Crippen molar-refractivity contribution in [1.29, 1.82) is 0 Å². The average molecular weight is 369 g/mol. The number of amides is 2. The smallest absolute Gasteiger partial charge is 0.315 e. The number of benzene rings is 1. The summed E-state index contributed by atoms with van der Waals surface area (Å²) in [6.07, 6.45) is 3.87. The summed E-state index contributed by atoms with van der Waals surface area (Å²) in [5.41, 5.74) is 1.08. The second kappa shape index (κ2) is 7.22. The van der Waals surface area contributed by atoms with Crippen molar-refractivity contribution in [3.05, 3.63) is 59.8 Å². The highest BCUT2D eigenvalue weighted by Crippen LogP contribution is 2.29. The Bertz CT molecular complexity index is 970. The average Bonchev–Trinajstić information content (AvgIpc) is 3.37. The normalized spacial score (nSPS) is 14.7. The topological polar surface area (TPSA) is 80.5 Å². The van der Waals surface area contributed by atoms with Gasteiger partial charge < -0.3 is 15.4 Å². The molecule has 2 heterocycles. The second-order valence-electron chi connectivity index (χ2n) is 6.58. The van der Waals surface area contributed by atoms with Crippen LogP contribution in [-0.2, 0) is 6.54 Å². The Morgan fingerprint density at radius 3 is 2.96 bits per heavy atom. The molecule has 0 aliphatic heterocycles. The first-order valence-electron chi connectivity index (χ1n) is 8.90. The number of hydrogen-bond acceptors (Lipinski definition) is 4. The monoisotopic (exact) mass is 369 g/mol. The van der Waals surface area contributed by atoms with E-state index in [-0.39, 0.29) is 24.4 Å². The highest BCUT2D eigenvalue weighted by Gasteiger charge is 2.25. The number of carbonyl (C=O) groups is 1. The molecule has 27 heavy (non-hydrogen) atoms. The van der Waals surface area contributed by atoms with E-state index in [1.54, 1.807) is 18.2 Å². The van der Waals surface area contributed by atoms with Crippen LogP contribution in [0.3, 0.4) is 0 Å². The highest BCUT2D eigenvalue weighted by atomic mass is 19.1. The Labute approximate surface area is 155 Å². The summed E-state index contributed by atoms with van der Waals surface area (Å²) in [7, 11) is 0. The molecule has 2 amide bonds. The summed E-state index contributed by atoms with van der Waals surface area (Å²) >= 11 is 0. The van der Waals surface area contributed by atoms with E-state index in [4.69, 9.17) is 4.74 Å². The minimum atomic E-state index is -0.429. The van der Waals surface area contributed by atoms with Crippen molar-refractivity contribution >= 4 is 11.7 Å². The van der Waals surface area contributed by atoms with Crippen LogP contribution in [0, 0.1) is 5.82 Å². The highest BCUT2D eigenvalue weighted by molar-refractivity contribution is 5.74. The molecule has 0 saturated heterocycles. The number of rotatable bonds is 6. The van der Waals surface area contributed by atoms with Gasteiger partial charge in [0.1, 0.15) is 0 Å². The Morgan fingerprint density at radius 1 is 1.30 bits per heavy atom. The van der Waals surface area contributed by atoms with Gasteiger partial charge in [-0.25, -0.2) is 9.18 Å². The van der Waals surface area contributed by atoms with E-state index in [0.717, 1.165) is 12.8 Å². The van der Waals surface area contributed by atoms with Gasteiger partial charge in [-0.05, 0) is 38.0 Å². The first-order valence-corrected chi connectivity index (χ1v) is 8.90. The van der Waals surface area contributed by atoms with Crippen LogP contribution in [0.1, 0.15) is 37.2 Å². The molecular weight excluding hydrogens is 349 g/mol. The van der Waals surface area contributed by atoms with Crippen LogP contribution in [0.2, 0.25) is 0 Å². The standard InChI is InChI=1S/C19H20FN5O2/c1-12(18-24-23-16-7-2-3-10-25(16)18)22-19(26)21-11-13-5-4-6-15(17(13)20)27-14-8-9-14/h2-7,10,12,14H,8-9,11H2,1H3,(H2,21,22,26). The first-order chi connectivity index (χ1) is 13.1. The fraction of sp³-hybridized carbons (Fsp3) is 0.316. The van der Waals surface area contributed by atoms with E-state index in [2.05, 4.69) is 20.8 Å². The number of aromatic nitrogens is 3. The molecule has 3 aromatic rings. The van der Waals surface area contributed by atoms with E-state index in [0.29, 0.717) is 17.0 Å². The Morgan fingerprint density at radius 2 is 2.15 bits per heavy atom. The summed E-state index contributed by atoms with van der Waals surface area (Å²) in [6, 6.07) is 9.75. The molecule has 1 atom stereocenters. The molecule has 8 heteroatoms. The Balaban J connectivity index is 1.37. The van der Waals surface area contributed by atoms with Gasteiger partial charge in [-0.3, -0.25) is 4.40 Å². The van der Waals surface area contributed by atoms with E-state index in [1.807, 2.05) is 35.7 Å². The fourth-order valence-corrected chi connectivity index (χ4v) is 2.79. The van der Waals surface area contributed by atoms with Crippen LogP contribution in [0.15, 0.2) is 42.6 Å². The first kappa shape index (κ1) is 17.3. The lowest BCUT2D eigenvalue weighted by atomic mass is 10.2. The molecule has 7 nitrogen and oxygen atoms in total. The van der Waals surface area contributed by atoms with E-state index >= 15 is 0 Å². The fourth-order valence-electron chi connectivity index (χ4n) is 2.79. The molecule has 1 aliphatic carbocycles. The van der Waals surface area contributed by atoms with Gasteiger partial charge in [0.25, 0.3) is 0 Å². The largest absolute Gasteiger partial charge is 0.487 e. The predicted molar refractivity (Wildman–Crippen MR) is 96.8 cm³/mol. The SMILES string of the molecule is CC(NC(=O)NCc1cccc(OC2CC2)c1F)c1nnc2ccccn12. The molecule has 1 fully saturated rings. The molecule has 140 valence electrons. The third kappa shape index (κ3) is 3.84. The number of halogens is 1. The van der Waals surface area contributed by atoms with E-state index in [9.17, 15) is 9.18 Å². The van der Waals surface area contributed by atoms with Crippen LogP contribution in [0.4, 0.5) is 9.18 Å². The van der Waals surface area contributed by atoms with Crippen molar-refractivity contribution in [2.45, 2.75) is 38.5 Å². The van der Waals surface area contributed by atoms with Crippen molar-refractivity contribution < 1.29 is 13.9 Å².